The Balaban J connectivity index is 2.05. The minimum absolute atomic E-state index is 0.318. The molecule has 0 N–H and O–H groups in total. The van der Waals surface area contributed by atoms with Gasteiger partial charge in [0.2, 0.25) is 0 Å². The molecule has 94 valence electrons. The molecule has 1 fully saturated rings. The van der Waals surface area contributed by atoms with Crippen LogP contribution in [0.5, 0.6) is 0 Å². The Morgan fingerprint density at radius 1 is 1.33 bits per heavy atom. The number of halogens is 1. The number of rotatable bonds is 3. The molecule has 3 nitrogen and oxygen atoms in total. The molecule has 1 aliphatic rings. The van der Waals surface area contributed by atoms with Crippen LogP contribution in [0.3, 0.4) is 0 Å². The van der Waals surface area contributed by atoms with E-state index < -0.39 is 0 Å². The zero-order valence-corrected chi connectivity index (χ0v) is 11.2. The maximum Gasteiger partial charge on any atom is 0.142 e. The lowest BCUT2D eigenvalue weighted by atomic mass is 10.3. The zero-order chi connectivity index (χ0) is 12.7. The Bertz CT molecular complexity index is 556. The molecule has 0 bridgehead atoms. The molecule has 0 atom stereocenters. The average Bonchev–Trinajstić information content (AvgIpc) is 3.07. The third kappa shape index (κ3) is 2.10. The van der Waals surface area contributed by atoms with Crippen molar-refractivity contribution in [3.05, 3.63) is 30.0 Å². The van der Waals surface area contributed by atoms with E-state index in [1.165, 1.54) is 30.1 Å². The third-order valence-corrected chi connectivity index (χ3v) is 4.24. The van der Waals surface area contributed by atoms with Crippen LogP contribution in [0, 0.1) is 5.82 Å². The summed E-state index contributed by atoms with van der Waals surface area (Å²) in [5.74, 6) is 0.274. The standard InChI is InChI=1S/C13H14FN3S/c1-17(2)13-11(8-3-4-8)16-12(18-13)9-5-10(14)7-15-6-9/h5-8H,3-4H2,1-2H3. The molecule has 0 radical (unpaired) electrons. The number of hydrogen-bond acceptors (Lipinski definition) is 4. The Morgan fingerprint density at radius 2 is 2.11 bits per heavy atom. The quantitative estimate of drug-likeness (QED) is 0.851. The fourth-order valence-corrected chi connectivity index (χ4v) is 2.98. The molecule has 2 aromatic rings. The van der Waals surface area contributed by atoms with Gasteiger partial charge in [-0.1, -0.05) is 11.3 Å². The first-order chi connectivity index (χ1) is 8.65. The van der Waals surface area contributed by atoms with E-state index in [-0.39, 0.29) is 5.82 Å². The summed E-state index contributed by atoms with van der Waals surface area (Å²) >= 11 is 1.61. The lowest BCUT2D eigenvalue weighted by Gasteiger charge is -2.10. The van der Waals surface area contributed by atoms with Crippen molar-refractivity contribution in [1.29, 1.82) is 0 Å². The lowest BCUT2D eigenvalue weighted by Crippen LogP contribution is -2.08. The van der Waals surface area contributed by atoms with Crippen LogP contribution in [0.25, 0.3) is 10.6 Å². The van der Waals surface area contributed by atoms with Gasteiger partial charge in [-0.25, -0.2) is 9.37 Å². The molecule has 3 rings (SSSR count). The van der Waals surface area contributed by atoms with E-state index in [1.54, 1.807) is 17.5 Å². The van der Waals surface area contributed by atoms with Gasteiger partial charge in [-0.3, -0.25) is 4.98 Å². The van der Waals surface area contributed by atoms with Crippen LogP contribution in [0.4, 0.5) is 9.39 Å². The maximum absolute atomic E-state index is 13.2. The van der Waals surface area contributed by atoms with Crippen molar-refractivity contribution in [2.75, 3.05) is 19.0 Å². The first-order valence-corrected chi connectivity index (χ1v) is 6.76. The molecular formula is C13H14FN3S. The van der Waals surface area contributed by atoms with E-state index in [2.05, 4.69) is 14.9 Å². The van der Waals surface area contributed by atoms with Crippen molar-refractivity contribution in [3.63, 3.8) is 0 Å². The number of thiazole rings is 1. The third-order valence-electron chi connectivity index (χ3n) is 2.96. The van der Waals surface area contributed by atoms with E-state index in [0.29, 0.717) is 5.92 Å². The van der Waals surface area contributed by atoms with Crippen LogP contribution in [-0.2, 0) is 0 Å². The highest BCUT2D eigenvalue weighted by molar-refractivity contribution is 7.19. The monoisotopic (exact) mass is 263 g/mol. The maximum atomic E-state index is 13.2. The molecule has 0 spiro atoms. The van der Waals surface area contributed by atoms with Gasteiger partial charge >= 0.3 is 0 Å². The van der Waals surface area contributed by atoms with Crippen LogP contribution in [0.1, 0.15) is 24.5 Å². The number of anilines is 1. The molecule has 2 aromatic heterocycles. The second-order valence-electron chi connectivity index (χ2n) is 4.77. The van der Waals surface area contributed by atoms with Crippen molar-refractivity contribution < 1.29 is 4.39 Å². The summed E-state index contributed by atoms with van der Waals surface area (Å²) in [6.07, 6.45) is 5.31. The molecule has 0 unspecified atom stereocenters. The van der Waals surface area contributed by atoms with E-state index in [9.17, 15) is 4.39 Å². The molecule has 0 aromatic carbocycles. The number of aromatic nitrogens is 2. The Kier molecular flexibility index (Phi) is 2.78. The smallest absolute Gasteiger partial charge is 0.142 e. The minimum Gasteiger partial charge on any atom is -0.368 e. The summed E-state index contributed by atoms with van der Waals surface area (Å²) in [5.41, 5.74) is 1.92. The molecule has 0 amide bonds. The molecule has 5 heteroatoms. The van der Waals surface area contributed by atoms with Gasteiger partial charge in [-0.15, -0.1) is 0 Å². The highest BCUT2D eigenvalue weighted by atomic mass is 32.1. The first-order valence-electron chi connectivity index (χ1n) is 5.94. The summed E-state index contributed by atoms with van der Waals surface area (Å²) in [6.45, 7) is 0. The fourth-order valence-electron chi connectivity index (χ4n) is 1.92. The van der Waals surface area contributed by atoms with Gasteiger partial charge in [0.05, 0.1) is 11.9 Å². The predicted octanol–water partition coefficient (Wildman–Crippen LogP) is 3.29. The van der Waals surface area contributed by atoms with Crippen molar-refractivity contribution >= 4 is 16.3 Å². The summed E-state index contributed by atoms with van der Waals surface area (Å²) < 4.78 is 13.2. The van der Waals surface area contributed by atoms with Gasteiger partial charge in [0, 0.05) is 31.8 Å². The van der Waals surface area contributed by atoms with E-state index in [4.69, 9.17) is 0 Å². The lowest BCUT2D eigenvalue weighted by molar-refractivity contribution is 0.622. The Hall–Kier alpha value is -1.49. The second kappa shape index (κ2) is 4.31. The Labute approximate surface area is 109 Å². The van der Waals surface area contributed by atoms with Gasteiger partial charge in [0.15, 0.2) is 0 Å². The van der Waals surface area contributed by atoms with Gasteiger partial charge in [0.1, 0.15) is 15.8 Å². The van der Waals surface area contributed by atoms with Crippen LogP contribution in [-0.4, -0.2) is 24.1 Å². The predicted molar refractivity (Wildman–Crippen MR) is 71.6 cm³/mol. The number of pyridine rings is 1. The van der Waals surface area contributed by atoms with Crippen molar-refractivity contribution in [1.82, 2.24) is 9.97 Å². The largest absolute Gasteiger partial charge is 0.368 e. The average molecular weight is 263 g/mol. The molecule has 2 heterocycles. The highest BCUT2D eigenvalue weighted by Gasteiger charge is 2.30. The Morgan fingerprint density at radius 3 is 2.72 bits per heavy atom. The molecule has 1 saturated carbocycles. The van der Waals surface area contributed by atoms with Crippen LogP contribution in [0.2, 0.25) is 0 Å². The van der Waals surface area contributed by atoms with Crippen molar-refractivity contribution in [3.8, 4) is 10.6 Å². The van der Waals surface area contributed by atoms with Gasteiger partial charge in [0.25, 0.3) is 0 Å². The fraction of sp³-hybridized carbons (Fsp3) is 0.385. The first kappa shape index (κ1) is 11.6. The molecule has 18 heavy (non-hydrogen) atoms. The van der Waals surface area contributed by atoms with Gasteiger partial charge in [-0.05, 0) is 18.9 Å². The zero-order valence-electron chi connectivity index (χ0n) is 10.4. The van der Waals surface area contributed by atoms with Crippen LogP contribution < -0.4 is 4.90 Å². The van der Waals surface area contributed by atoms with Crippen molar-refractivity contribution in [2.45, 2.75) is 18.8 Å². The minimum atomic E-state index is -0.318. The normalized spacial score (nSPS) is 14.8. The van der Waals surface area contributed by atoms with E-state index in [1.807, 2.05) is 14.1 Å². The van der Waals surface area contributed by atoms with E-state index >= 15 is 0 Å². The molecular weight excluding hydrogens is 249 g/mol. The van der Waals surface area contributed by atoms with Gasteiger partial charge < -0.3 is 4.90 Å². The van der Waals surface area contributed by atoms with Crippen molar-refractivity contribution in [2.24, 2.45) is 0 Å². The molecule has 1 aliphatic carbocycles. The van der Waals surface area contributed by atoms with Gasteiger partial charge in [-0.2, -0.15) is 0 Å². The second-order valence-corrected chi connectivity index (χ2v) is 5.75. The SMILES string of the molecule is CN(C)c1sc(-c2cncc(F)c2)nc1C1CC1. The number of nitrogens with zero attached hydrogens (tertiary/aromatic N) is 3. The summed E-state index contributed by atoms with van der Waals surface area (Å²) in [6, 6.07) is 1.49. The molecule has 0 saturated heterocycles. The van der Waals surface area contributed by atoms with Crippen LogP contribution >= 0.6 is 11.3 Å². The molecule has 0 aliphatic heterocycles. The summed E-state index contributed by atoms with van der Waals surface area (Å²) in [4.78, 5) is 10.6. The summed E-state index contributed by atoms with van der Waals surface area (Å²) in [5, 5.41) is 2.03. The summed E-state index contributed by atoms with van der Waals surface area (Å²) in [7, 11) is 4.04. The number of hydrogen-bond donors (Lipinski definition) is 0. The highest BCUT2D eigenvalue weighted by Crippen LogP contribution is 2.47. The topological polar surface area (TPSA) is 29.0 Å². The van der Waals surface area contributed by atoms with Crippen LogP contribution in [0.15, 0.2) is 18.5 Å². The van der Waals surface area contributed by atoms with E-state index in [0.717, 1.165) is 16.3 Å².